The fourth-order valence-corrected chi connectivity index (χ4v) is 3.11. The SMILES string of the molecule is CN(C)C(=O)c1cccc(NC(=O)c2nc(-c3ccccc3)n(-c3ccccc3)n2)c1. The van der Waals surface area contributed by atoms with Crippen molar-refractivity contribution in [2.45, 2.75) is 0 Å². The molecule has 4 rings (SSSR count). The smallest absolute Gasteiger partial charge is 0.295 e. The van der Waals surface area contributed by atoms with Gasteiger partial charge >= 0.3 is 0 Å². The first-order chi connectivity index (χ1) is 15.0. The van der Waals surface area contributed by atoms with Crippen LogP contribution in [0.15, 0.2) is 84.9 Å². The van der Waals surface area contributed by atoms with E-state index in [0.717, 1.165) is 11.3 Å². The van der Waals surface area contributed by atoms with Gasteiger partial charge in [-0.05, 0) is 30.3 Å². The third-order valence-corrected chi connectivity index (χ3v) is 4.62. The zero-order valence-corrected chi connectivity index (χ0v) is 17.2. The summed E-state index contributed by atoms with van der Waals surface area (Å²) in [5.74, 6) is -0.00390. The molecule has 7 nitrogen and oxygen atoms in total. The number of carbonyl (C=O) groups excluding carboxylic acids is 2. The van der Waals surface area contributed by atoms with Crippen LogP contribution in [0.4, 0.5) is 5.69 Å². The first-order valence-electron chi connectivity index (χ1n) is 9.74. The second kappa shape index (κ2) is 8.62. The molecule has 3 aromatic carbocycles. The summed E-state index contributed by atoms with van der Waals surface area (Å²) in [6.07, 6.45) is 0. The highest BCUT2D eigenvalue weighted by atomic mass is 16.2. The molecule has 0 atom stereocenters. The lowest BCUT2D eigenvalue weighted by Crippen LogP contribution is -2.22. The summed E-state index contributed by atoms with van der Waals surface area (Å²) in [7, 11) is 3.36. The van der Waals surface area contributed by atoms with E-state index in [1.54, 1.807) is 43.0 Å². The number of amides is 2. The molecule has 7 heteroatoms. The van der Waals surface area contributed by atoms with Crippen molar-refractivity contribution in [1.29, 1.82) is 0 Å². The molecule has 0 saturated heterocycles. The number of benzene rings is 3. The summed E-state index contributed by atoms with van der Waals surface area (Å²) >= 11 is 0. The number of hydrogen-bond acceptors (Lipinski definition) is 4. The van der Waals surface area contributed by atoms with Crippen molar-refractivity contribution in [3.63, 3.8) is 0 Å². The molecule has 1 heterocycles. The van der Waals surface area contributed by atoms with Gasteiger partial charge in [0, 0.05) is 30.9 Å². The van der Waals surface area contributed by atoms with Crippen LogP contribution in [0.5, 0.6) is 0 Å². The highest BCUT2D eigenvalue weighted by Crippen LogP contribution is 2.21. The summed E-state index contributed by atoms with van der Waals surface area (Å²) in [5, 5.41) is 7.24. The minimum atomic E-state index is -0.457. The molecule has 154 valence electrons. The number of para-hydroxylation sites is 1. The maximum Gasteiger partial charge on any atom is 0.295 e. The largest absolute Gasteiger partial charge is 0.345 e. The Bertz CT molecular complexity index is 1160. The number of carbonyl (C=O) groups is 2. The molecule has 0 bridgehead atoms. The van der Waals surface area contributed by atoms with Crippen LogP contribution in [-0.2, 0) is 0 Å². The summed E-state index contributed by atoms with van der Waals surface area (Å²) < 4.78 is 1.65. The number of nitrogens with one attached hydrogen (secondary N) is 1. The highest BCUT2D eigenvalue weighted by Gasteiger charge is 2.19. The molecule has 1 aromatic heterocycles. The number of aromatic nitrogens is 3. The normalized spacial score (nSPS) is 10.5. The Labute approximate surface area is 180 Å². The minimum absolute atomic E-state index is 0.0343. The van der Waals surface area contributed by atoms with Crippen LogP contribution >= 0.6 is 0 Å². The zero-order valence-electron chi connectivity index (χ0n) is 17.2. The Morgan fingerprint density at radius 1 is 0.871 bits per heavy atom. The Morgan fingerprint density at radius 3 is 2.23 bits per heavy atom. The van der Waals surface area contributed by atoms with Gasteiger partial charge in [-0.3, -0.25) is 9.59 Å². The van der Waals surface area contributed by atoms with E-state index in [0.29, 0.717) is 17.1 Å². The van der Waals surface area contributed by atoms with E-state index in [2.05, 4.69) is 15.4 Å². The van der Waals surface area contributed by atoms with Gasteiger partial charge in [0.2, 0.25) is 5.82 Å². The van der Waals surface area contributed by atoms with Gasteiger partial charge < -0.3 is 10.2 Å². The van der Waals surface area contributed by atoms with Crippen molar-refractivity contribution in [2.24, 2.45) is 0 Å². The van der Waals surface area contributed by atoms with Gasteiger partial charge in [0.1, 0.15) is 0 Å². The molecule has 0 aliphatic heterocycles. The molecule has 0 saturated carbocycles. The first-order valence-corrected chi connectivity index (χ1v) is 9.74. The lowest BCUT2D eigenvalue weighted by atomic mass is 10.2. The van der Waals surface area contributed by atoms with Crippen molar-refractivity contribution in [2.75, 3.05) is 19.4 Å². The fourth-order valence-electron chi connectivity index (χ4n) is 3.11. The highest BCUT2D eigenvalue weighted by molar-refractivity contribution is 6.03. The van der Waals surface area contributed by atoms with Crippen LogP contribution in [0.2, 0.25) is 0 Å². The Balaban J connectivity index is 1.67. The van der Waals surface area contributed by atoms with Gasteiger partial charge in [0.25, 0.3) is 11.8 Å². The lowest BCUT2D eigenvalue weighted by molar-refractivity contribution is 0.0827. The molecule has 2 amide bonds. The summed E-state index contributed by atoms with van der Waals surface area (Å²) in [6.45, 7) is 0. The average Bonchev–Trinajstić information content (AvgIpc) is 3.26. The van der Waals surface area contributed by atoms with Crippen LogP contribution < -0.4 is 5.32 Å². The molecule has 0 aliphatic carbocycles. The van der Waals surface area contributed by atoms with Gasteiger partial charge in [0.15, 0.2) is 5.82 Å². The predicted octanol–water partition coefficient (Wildman–Crippen LogP) is 3.89. The van der Waals surface area contributed by atoms with Crippen LogP contribution in [0.1, 0.15) is 21.0 Å². The average molecular weight is 411 g/mol. The summed E-state index contributed by atoms with van der Waals surface area (Å²) in [4.78, 5) is 31.1. The molecule has 4 aromatic rings. The van der Waals surface area contributed by atoms with E-state index in [1.807, 2.05) is 60.7 Å². The summed E-state index contributed by atoms with van der Waals surface area (Å²) in [5.41, 5.74) is 2.62. The molecule has 0 aliphatic rings. The Hall–Kier alpha value is -4.26. The minimum Gasteiger partial charge on any atom is -0.345 e. The zero-order chi connectivity index (χ0) is 21.8. The van der Waals surface area contributed by atoms with Crippen LogP contribution in [0.25, 0.3) is 17.1 Å². The van der Waals surface area contributed by atoms with Crippen molar-refractivity contribution >= 4 is 17.5 Å². The third kappa shape index (κ3) is 4.35. The van der Waals surface area contributed by atoms with Crippen LogP contribution in [-0.4, -0.2) is 45.6 Å². The number of anilines is 1. The van der Waals surface area contributed by atoms with E-state index in [9.17, 15) is 9.59 Å². The predicted molar refractivity (Wildman–Crippen MR) is 119 cm³/mol. The van der Waals surface area contributed by atoms with E-state index in [1.165, 1.54) is 4.90 Å². The molecule has 1 N–H and O–H groups in total. The van der Waals surface area contributed by atoms with Gasteiger partial charge in [-0.25, -0.2) is 9.67 Å². The lowest BCUT2D eigenvalue weighted by Gasteiger charge is -2.11. The molecule has 31 heavy (non-hydrogen) atoms. The molecular formula is C24H21N5O2. The molecule has 0 radical (unpaired) electrons. The monoisotopic (exact) mass is 411 g/mol. The van der Waals surface area contributed by atoms with Crippen LogP contribution in [0.3, 0.4) is 0 Å². The maximum atomic E-state index is 12.9. The van der Waals surface area contributed by atoms with E-state index in [4.69, 9.17) is 0 Å². The molecular weight excluding hydrogens is 390 g/mol. The van der Waals surface area contributed by atoms with Crippen molar-refractivity contribution in [3.05, 3.63) is 96.3 Å². The van der Waals surface area contributed by atoms with Gasteiger partial charge in [0.05, 0.1) is 5.69 Å². The standard InChI is InChI=1S/C24H21N5O2/c1-28(2)24(31)18-12-9-13-19(16-18)25-23(30)21-26-22(17-10-5-3-6-11-17)29(27-21)20-14-7-4-8-15-20/h3-16H,1-2H3,(H,25,30). The number of nitrogens with zero attached hydrogens (tertiary/aromatic N) is 4. The quantitative estimate of drug-likeness (QED) is 0.540. The second-order valence-corrected chi connectivity index (χ2v) is 7.11. The molecule has 0 spiro atoms. The molecule has 0 fully saturated rings. The molecule has 0 unspecified atom stereocenters. The van der Waals surface area contributed by atoms with Crippen molar-refractivity contribution in [1.82, 2.24) is 19.7 Å². The second-order valence-electron chi connectivity index (χ2n) is 7.11. The topological polar surface area (TPSA) is 80.1 Å². The third-order valence-electron chi connectivity index (χ3n) is 4.62. The van der Waals surface area contributed by atoms with E-state index < -0.39 is 5.91 Å². The summed E-state index contributed by atoms with van der Waals surface area (Å²) in [6, 6.07) is 25.9. The number of rotatable bonds is 5. The van der Waals surface area contributed by atoms with Crippen molar-refractivity contribution < 1.29 is 9.59 Å². The number of hydrogen-bond donors (Lipinski definition) is 1. The maximum absolute atomic E-state index is 12.9. The van der Waals surface area contributed by atoms with E-state index in [-0.39, 0.29) is 11.7 Å². The van der Waals surface area contributed by atoms with Crippen LogP contribution in [0, 0.1) is 0 Å². The van der Waals surface area contributed by atoms with Crippen molar-refractivity contribution in [3.8, 4) is 17.1 Å². The van der Waals surface area contributed by atoms with Gasteiger partial charge in [-0.15, -0.1) is 5.10 Å². The first kappa shape index (κ1) is 20.0. The van der Waals surface area contributed by atoms with Gasteiger partial charge in [-0.1, -0.05) is 54.6 Å². The van der Waals surface area contributed by atoms with E-state index >= 15 is 0 Å². The van der Waals surface area contributed by atoms with Gasteiger partial charge in [-0.2, -0.15) is 0 Å². The Kier molecular flexibility index (Phi) is 5.57. The Morgan fingerprint density at radius 2 is 1.55 bits per heavy atom. The fraction of sp³-hybridized carbons (Fsp3) is 0.0833.